The molecule has 38 valence electrons. The molecule has 0 aromatic rings. The van der Waals surface area contributed by atoms with Gasteiger partial charge >= 0.3 is 8.41 Å². The standard InChI is InChI=1S/CH5N.B.3FH/c1-2;;;;/h2H2,1H3;;3*1H/q;+3;;;/p-3. The van der Waals surface area contributed by atoms with Crippen molar-refractivity contribution < 1.29 is 14.1 Å². The molecule has 0 aromatic heterocycles. The Bertz CT molecular complexity index is 10.8. The van der Waals surface area contributed by atoms with Crippen molar-refractivity contribution in [3.8, 4) is 0 Å². The molecule has 0 heterocycles. The molecule has 2 N–H and O–H groups in total. The molecule has 0 spiro atoms. The molecule has 0 rings (SSSR count). The van der Waals surface area contributed by atoms with E-state index < -0.39 is 0 Å². The quantitative estimate of drug-likeness (QED) is 0.300. The monoisotopic (exact) mass is 99.0 g/mol. The van der Waals surface area contributed by atoms with Gasteiger partial charge in [0.15, 0.2) is 0 Å². The third-order valence-corrected chi connectivity index (χ3v) is 0. The van der Waals surface area contributed by atoms with E-state index in [4.69, 9.17) is 0 Å². The van der Waals surface area contributed by atoms with Crippen molar-refractivity contribution in [1.82, 2.24) is 0 Å². The van der Waals surface area contributed by atoms with Gasteiger partial charge in [0.05, 0.1) is 0 Å². The van der Waals surface area contributed by atoms with Crippen molar-refractivity contribution in [3.63, 3.8) is 0 Å². The summed E-state index contributed by atoms with van der Waals surface area (Å²) in [6.45, 7) is 0. The third-order valence-electron chi connectivity index (χ3n) is 0. The van der Waals surface area contributed by atoms with E-state index >= 15 is 0 Å². The van der Waals surface area contributed by atoms with E-state index in [0.29, 0.717) is 0 Å². The summed E-state index contributed by atoms with van der Waals surface area (Å²) in [6.07, 6.45) is 0. The number of nitrogens with two attached hydrogens (primary N) is 1. The summed E-state index contributed by atoms with van der Waals surface area (Å²) in [4.78, 5) is 0. The molecule has 0 fully saturated rings. The van der Waals surface area contributed by atoms with Crippen molar-refractivity contribution in [2.45, 2.75) is 0 Å². The van der Waals surface area contributed by atoms with Crippen LogP contribution >= 0.6 is 0 Å². The molecule has 0 radical (unpaired) electrons. The zero-order chi connectivity index (χ0) is 2.00. The molecule has 0 bridgehead atoms. The van der Waals surface area contributed by atoms with Gasteiger partial charge in [0, 0.05) is 0 Å². The van der Waals surface area contributed by atoms with Gasteiger partial charge in [0.25, 0.3) is 0 Å². The Morgan fingerprint density at radius 3 is 0.833 bits per heavy atom. The molecule has 0 aliphatic carbocycles. The van der Waals surface area contributed by atoms with Crippen LogP contribution in [0.5, 0.6) is 0 Å². The van der Waals surface area contributed by atoms with E-state index in [2.05, 4.69) is 5.73 Å². The normalized spacial score (nSPS) is 1.00. The first-order chi connectivity index (χ1) is 1.00. The molecule has 0 unspecified atom stereocenters. The molecule has 5 heteroatoms. The van der Waals surface area contributed by atoms with Crippen LogP contribution in [0.2, 0.25) is 0 Å². The van der Waals surface area contributed by atoms with Gasteiger partial charge in [-0.1, -0.05) is 0 Å². The molecule has 0 amide bonds. The maximum Gasteiger partial charge on any atom is 3.00 e. The average molecular weight is 98.9 g/mol. The predicted molar refractivity (Wildman–Crippen MR) is 15.9 cm³/mol. The Morgan fingerprint density at radius 2 is 0.833 bits per heavy atom. The number of halogens is 3. The summed E-state index contributed by atoms with van der Waals surface area (Å²) in [5, 5.41) is 0. The van der Waals surface area contributed by atoms with Gasteiger partial charge in [-0.2, -0.15) is 0 Å². The second kappa shape index (κ2) is 2050. The Balaban J connectivity index is -0.000000000833. The van der Waals surface area contributed by atoms with Crippen LogP contribution in [0.15, 0.2) is 0 Å². The molecule has 0 saturated carbocycles. The van der Waals surface area contributed by atoms with Crippen molar-refractivity contribution in [2.75, 3.05) is 7.05 Å². The summed E-state index contributed by atoms with van der Waals surface area (Å²) < 4.78 is 0. The number of rotatable bonds is 0. The van der Waals surface area contributed by atoms with Crippen molar-refractivity contribution in [1.29, 1.82) is 0 Å². The second-order valence-corrected chi connectivity index (χ2v) is 0. The van der Waals surface area contributed by atoms with Crippen LogP contribution in [0.3, 0.4) is 0 Å². The van der Waals surface area contributed by atoms with E-state index in [1.165, 1.54) is 7.05 Å². The average Bonchev–Trinajstić information content (AvgIpc) is 1.00. The number of hydrogen-bond acceptors (Lipinski definition) is 1. The van der Waals surface area contributed by atoms with E-state index in [1.54, 1.807) is 0 Å². The largest absolute Gasteiger partial charge is 3.00 e. The summed E-state index contributed by atoms with van der Waals surface area (Å²) >= 11 is 0. The molecule has 0 atom stereocenters. The first-order valence-electron chi connectivity index (χ1n) is 0.577. The zero-order valence-electron chi connectivity index (χ0n) is 3.29. The SMILES string of the molecule is CN.[B+3].[F-].[F-].[F-]. The van der Waals surface area contributed by atoms with Crippen LogP contribution in [0.1, 0.15) is 0 Å². The molecule has 6 heavy (non-hydrogen) atoms. The minimum atomic E-state index is 0. The van der Waals surface area contributed by atoms with E-state index in [1.807, 2.05) is 0 Å². The van der Waals surface area contributed by atoms with Gasteiger partial charge in [-0.15, -0.1) is 0 Å². The van der Waals surface area contributed by atoms with Crippen molar-refractivity contribution in [2.24, 2.45) is 5.73 Å². The molecular weight excluding hydrogens is 93.8 g/mol. The predicted octanol–water partition coefficient (Wildman–Crippen LogP) is -9.79. The smallest absolute Gasteiger partial charge is 1.00 e. The Morgan fingerprint density at radius 1 is 0.833 bits per heavy atom. The van der Waals surface area contributed by atoms with Gasteiger partial charge in [-0.25, -0.2) is 0 Å². The van der Waals surface area contributed by atoms with E-state index in [0.717, 1.165) is 0 Å². The maximum absolute atomic E-state index is 4.50. The Hall–Kier alpha value is -0.185. The zero-order valence-corrected chi connectivity index (χ0v) is 3.29. The van der Waals surface area contributed by atoms with Crippen molar-refractivity contribution >= 4 is 8.41 Å². The fourth-order valence-corrected chi connectivity index (χ4v) is 0. The summed E-state index contributed by atoms with van der Waals surface area (Å²) in [6, 6.07) is 0. The van der Waals surface area contributed by atoms with Crippen LogP contribution < -0.4 is 19.8 Å². The second-order valence-electron chi connectivity index (χ2n) is 0. The van der Waals surface area contributed by atoms with Crippen LogP contribution in [-0.2, 0) is 0 Å². The summed E-state index contributed by atoms with van der Waals surface area (Å²) in [5.74, 6) is 0. The minimum absolute atomic E-state index is 0. The molecular formula is CH5BF3N. The van der Waals surface area contributed by atoms with Gasteiger partial charge in [-0.3, -0.25) is 0 Å². The Kier molecular flexibility index (Phi) is 69200. The van der Waals surface area contributed by atoms with Crippen molar-refractivity contribution in [3.05, 3.63) is 0 Å². The van der Waals surface area contributed by atoms with Crippen LogP contribution in [0.4, 0.5) is 0 Å². The third kappa shape index (κ3) is 883. The summed E-state index contributed by atoms with van der Waals surface area (Å²) in [5.41, 5.74) is 4.50. The van der Waals surface area contributed by atoms with Gasteiger partial charge in [0.2, 0.25) is 0 Å². The van der Waals surface area contributed by atoms with Gasteiger partial charge < -0.3 is 19.8 Å². The molecule has 1 nitrogen and oxygen atoms in total. The van der Waals surface area contributed by atoms with Gasteiger partial charge in [0.1, 0.15) is 0 Å². The van der Waals surface area contributed by atoms with Gasteiger partial charge in [-0.05, 0) is 7.05 Å². The van der Waals surface area contributed by atoms with E-state index in [9.17, 15) is 0 Å². The van der Waals surface area contributed by atoms with Crippen LogP contribution in [0.25, 0.3) is 0 Å². The fourth-order valence-electron chi connectivity index (χ4n) is 0. The molecule has 0 aromatic carbocycles. The first-order valence-corrected chi connectivity index (χ1v) is 0.577. The molecule has 0 aliphatic heterocycles. The molecule has 0 saturated heterocycles. The molecule has 0 aliphatic rings. The fraction of sp³-hybridized carbons (Fsp3) is 1.00. The van der Waals surface area contributed by atoms with E-state index in [-0.39, 0.29) is 22.5 Å². The van der Waals surface area contributed by atoms with Crippen LogP contribution in [0, 0.1) is 0 Å². The maximum atomic E-state index is 4.50. The Labute approximate surface area is 36.6 Å². The minimum Gasteiger partial charge on any atom is -1.00 e. The topological polar surface area (TPSA) is 26.0 Å². The number of hydrogen-bond donors (Lipinski definition) is 1. The summed E-state index contributed by atoms with van der Waals surface area (Å²) in [7, 11) is 1.50. The first kappa shape index (κ1) is 203. The van der Waals surface area contributed by atoms with Crippen LogP contribution in [-0.4, -0.2) is 15.5 Å².